The van der Waals surface area contributed by atoms with Gasteiger partial charge in [0.05, 0.1) is 31.2 Å². The number of benzene rings is 1. The van der Waals surface area contributed by atoms with Gasteiger partial charge in [-0.05, 0) is 49.1 Å². The zero-order valence-corrected chi connectivity index (χ0v) is 20.4. The molecule has 2 saturated carbocycles. The lowest BCUT2D eigenvalue weighted by atomic mass is 9.86. The smallest absolute Gasteiger partial charge is 0.340 e. The number of methoxy groups -OCH3 is 2. The minimum Gasteiger partial charge on any atom is -0.493 e. The summed E-state index contributed by atoms with van der Waals surface area (Å²) in [4.78, 5) is 42.8. The van der Waals surface area contributed by atoms with Crippen molar-refractivity contribution in [2.24, 2.45) is 17.8 Å². The van der Waals surface area contributed by atoms with E-state index in [1.807, 2.05) is 0 Å². The predicted octanol–water partition coefficient (Wildman–Crippen LogP) is 3.83. The number of fused-ring (bicyclic) bond motifs is 3. The van der Waals surface area contributed by atoms with Crippen molar-refractivity contribution < 1.29 is 23.8 Å². The van der Waals surface area contributed by atoms with E-state index in [2.05, 4.69) is 10.3 Å². The first-order chi connectivity index (χ1) is 17.4. The van der Waals surface area contributed by atoms with Crippen LogP contribution in [0.5, 0.6) is 11.5 Å². The summed E-state index contributed by atoms with van der Waals surface area (Å²) in [6.45, 7) is -0.202. The third-order valence-corrected chi connectivity index (χ3v) is 7.33. The van der Waals surface area contributed by atoms with Crippen LogP contribution in [0.2, 0.25) is 0 Å². The lowest BCUT2D eigenvalue weighted by Gasteiger charge is -2.21. The van der Waals surface area contributed by atoms with Gasteiger partial charge in [0.2, 0.25) is 5.91 Å². The van der Waals surface area contributed by atoms with Gasteiger partial charge >= 0.3 is 5.97 Å². The number of hydrogen-bond acceptors (Lipinski definition) is 7. The molecule has 188 valence electrons. The van der Waals surface area contributed by atoms with Crippen molar-refractivity contribution in [3.05, 3.63) is 64.2 Å². The van der Waals surface area contributed by atoms with E-state index in [0.29, 0.717) is 41.1 Å². The Labute approximate surface area is 208 Å². The standard InChI is InChI=1S/C27H29N3O6/c1-34-22-13-20(27(33)36-15-19-12-26(32)30-8-4-3-5-24(30)28-19)21(14-23(22)35-2)29-25(31)11-18-10-16-6-7-17(18)9-16/h3-5,8,12-14,16-18H,6-7,9-11,15H2,1-2H3,(H,29,31)/t16-,17-,18-/m0/s1. The van der Waals surface area contributed by atoms with Gasteiger partial charge in [-0.15, -0.1) is 0 Å². The summed E-state index contributed by atoms with van der Waals surface area (Å²) >= 11 is 0. The molecule has 36 heavy (non-hydrogen) atoms. The first-order valence-electron chi connectivity index (χ1n) is 12.2. The molecule has 1 aromatic carbocycles. The van der Waals surface area contributed by atoms with Crippen LogP contribution in [0.25, 0.3) is 5.65 Å². The maximum Gasteiger partial charge on any atom is 0.340 e. The topological polar surface area (TPSA) is 108 Å². The van der Waals surface area contributed by atoms with Crippen LogP contribution in [-0.4, -0.2) is 35.5 Å². The number of amides is 1. The van der Waals surface area contributed by atoms with Gasteiger partial charge in [-0.2, -0.15) is 0 Å². The van der Waals surface area contributed by atoms with Crippen molar-refractivity contribution in [1.82, 2.24) is 9.38 Å². The van der Waals surface area contributed by atoms with Crippen LogP contribution in [0.15, 0.2) is 47.4 Å². The second kappa shape index (κ2) is 10.0. The highest BCUT2D eigenvalue weighted by atomic mass is 16.5. The highest BCUT2D eigenvalue weighted by Gasteiger charge is 2.40. The van der Waals surface area contributed by atoms with E-state index in [9.17, 15) is 14.4 Å². The van der Waals surface area contributed by atoms with E-state index < -0.39 is 5.97 Å². The number of aromatic nitrogens is 2. The van der Waals surface area contributed by atoms with E-state index in [-0.39, 0.29) is 29.3 Å². The Morgan fingerprint density at radius 1 is 1.08 bits per heavy atom. The van der Waals surface area contributed by atoms with Gasteiger partial charge in [0.15, 0.2) is 11.5 Å². The van der Waals surface area contributed by atoms with E-state index >= 15 is 0 Å². The lowest BCUT2D eigenvalue weighted by molar-refractivity contribution is -0.117. The van der Waals surface area contributed by atoms with Crippen molar-refractivity contribution in [2.45, 2.75) is 38.7 Å². The number of ether oxygens (including phenoxy) is 3. The quantitative estimate of drug-likeness (QED) is 0.477. The van der Waals surface area contributed by atoms with Crippen LogP contribution in [0.4, 0.5) is 5.69 Å². The molecule has 2 heterocycles. The summed E-state index contributed by atoms with van der Waals surface area (Å²) in [6, 6.07) is 9.58. The summed E-state index contributed by atoms with van der Waals surface area (Å²) < 4.78 is 17.6. The normalized spacial score (nSPS) is 20.3. The lowest BCUT2D eigenvalue weighted by Crippen LogP contribution is -2.22. The molecule has 2 aliphatic rings. The Balaban J connectivity index is 1.34. The molecular weight excluding hydrogens is 462 g/mol. The van der Waals surface area contributed by atoms with Crippen molar-refractivity contribution in [3.63, 3.8) is 0 Å². The van der Waals surface area contributed by atoms with Crippen LogP contribution in [0.3, 0.4) is 0 Å². The third-order valence-electron chi connectivity index (χ3n) is 7.33. The average molecular weight is 492 g/mol. The van der Waals surface area contributed by atoms with Crippen LogP contribution in [0.1, 0.15) is 48.2 Å². The van der Waals surface area contributed by atoms with Crippen LogP contribution >= 0.6 is 0 Å². The monoisotopic (exact) mass is 491 g/mol. The fourth-order valence-electron chi connectivity index (χ4n) is 5.61. The molecule has 0 spiro atoms. The Hall–Kier alpha value is -3.88. The molecular formula is C27H29N3O6. The second-order valence-electron chi connectivity index (χ2n) is 9.53. The van der Waals surface area contributed by atoms with Crippen LogP contribution < -0.4 is 20.3 Å². The molecule has 5 rings (SSSR count). The van der Waals surface area contributed by atoms with Crippen molar-refractivity contribution in [2.75, 3.05) is 19.5 Å². The summed E-state index contributed by atoms with van der Waals surface area (Å²) in [5, 5.41) is 2.89. The molecule has 0 saturated heterocycles. The molecule has 0 radical (unpaired) electrons. The molecule has 9 nitrogen and oxygen atoms in total. The number of nitrogens with one attached hydrogen (secondary N) is 1. The van der Waals surface area contributed by atoms with Crippen LogP contribution in [-0.2, 0) is 16.1 Å². The molecule has 2 bridgehead atoms. The maximum absolute atomic E-state index is 13.1. The van der Waals surface area contributed by atoms with Gasteiger partial charge < -0.3 is 19.5 Å². The largest absolute Gasteiger partial charge is 0.493 e. The highest BCUT2D eigenvalue weighted by Crippen LogP contribution is 2.49. The number of carbonyl (C=O) groups excluding carboxylic acids is 2. The van der Waals surface area contributed by atoms with E-state index in [0.717, 1.165) is 12.3 Å². The number of nitrogens with zero attached hydrogens (tertiary/aromatic N) is 2. The fraction of sp³-hybridized carbons (Fsp3) is 0.407. The van der Waals surface area contributed by atoms with Gasteiger partial charge in [0, 0.05) is 30.8 Å². The number of hydrogen-bond donors (Lipinski definition) is 1. The molecule has 2 aliphatic carbocycles. The van der Waals surface area contributed by atoms with Crippen molar-refractivity contribution >= 4 is 23.2 Å². The Morgan fingerprint density at radius 3 is 2.61 bits per heavy atom. The van der Waals surface area contributed by atoms with Gasteiger partial charge in [0.1, 0.15) is 12.3 Å². The average Bonchev–Trinajstić information content (AvgIpc) is 3.50. The number of rotatable bonds is 8. The minimum atomic E-state index is -0.679. The van der Waals surface area contributed by atoms with Crippen molar-refractivity contribution in [3.8, 4) is 11.5 Å². The summed E-state index contributed by atoms with van der Waals surface area (Å²) in [5.74, 6) is 1.65. The Bertz CT molecular complexity index is 1370. The molecule has 1 amide bonds. The van der Waals surface area contributed by atoms with Gasteiger partial charge in [-0.25, -0.2) is 9.78 Å². The molecule has 2 fully saturated rings. The Morgan fingerprint density at radius 2 is 1.89 bits per heavy atom. The van der Waals surface area contributed by atoms with E-state index in [4.69, 9.17) is 14.2 Å². The first kappa shape index (κ1) is 23.8. The minimum absolute atomic E-state index is 0.131. The molecule has 3 atom stereocenters. The van der Waals surface area contributed by atoms with Crippen molar-refractivity contribution in [1.29, 1.82) is 0 Å². The van der Waals surface area contributed by atoms with E-state index in [1.54, 1.807) is 30.5 Å². The summed E-state index contributed by atoms with van der Waals surface area (Å²) in [7, 11) is 2.95. The Kier molecular flexibility index (Phi) is 6.63. The zero-order chi connectivity index (χ0) is 25.2. The molecule has 3 aromatic rings. The number of carbonyl (C=O) groups is 2. The molecule has 1 N–H and O–H groups in total. The third kappa shape index (κ3) is 4.78. The fourth-order valence-corrected chi connectivity index (χ4v) is 5.61. The highest BCUT2D eigenvalue weighted by molar-refractivity contribution is 6.02. The van der Waals surface area contributed by atoms with Gasteiger partial charge in [-0.3, -0.25) is 14.0 Å². The number of esters is 1. The first-order valence-corrected chi connectivity index (χ1v) is 12.2. The van der Waals surface area contributed by atoms with Gasteiger partial charge in [0.25, 0.3) is 5.56 Å². The molecule has 0 aliphatic heterocycles. The number of anilines is 1. The molecule has 9 heteroatoms. The van der Waals surface area contributed by atoms with Gasteiger partial charge in [-0.1, -0.05) is 12.5 Å². The second-order valence-corrected chi connectivity index (χ2v) is 9.53. The maximum atomic E-state index is 13.1. The molecule has 0 unspecified atom stereocenters. The van der Waals surface area contributed by atoms with Crippen LogP contribution in [0, 0.1) is 17.8 Å². The molecule has 2 aromatic heterocycles. The predicted molar refractivity (Wildman–Crippen MR) is 132 cm³/mol. The summed E-state index contributed by atoms with van der Waals surface area (Å²) in [5.41, 5.74) is 0.924. The zero-order valence-electron chi connectivity index (χ0n) is 20.4. The summed E-state index contributed by atoms with van der Waals surface area (Å²) in [6.07, 6.45) is 6.83. The van der Waals surface area contributed by atoms with E-state index in [1.165, 1.54) is 50.0 Å². The number of pyridine rings is 1. The SMILES string of the molecule is COc1cc(NC(=O)C[C@@H]2C[C@H]3CC[C@H]2C3)c(C(=O)OCc2cc(=O)n3ccccc3n2)cc1OC.